The zero-order valence-corrected chi connectivity index (χ0v) is 10.2. The Kier molecular flexibility index (Phi) is 3.09. The Bertz CT molecular complexity index is 163. The van der Waals surface area contributed by atoms with Gasteiger partial charge in [-0.25, -0.2) is 0 Å². The molecule has 1 fully saturated rings. The van der Waals surface area contributed by atoms with Gasteiger partial charge >= 0.3 is 0 Å². The molecule has 4 unspecified atom stereocenters. The lowest BCUT2D eigenvalue weighted by molar-refractivity contribution is 0.0483. The van der Waals surface area contributed by atoms with Gasteiger partial charge in [0.15, 0.2) is 0 Å². The van der Waals surface area contributed by atoms with E-state index >= 15 is 0 Å². The third-order valence-electron chi connectivity index (χ3n) is 4.41. The Balaban J connectivity index is 2.70. The van der Waals surface area contributed by atoms with Crippen LogP contribution in [-0.4, -0.2) is 0 Å². The maximum absolute atomic E-state index is 2.45. The molecule has 0 N–H and O–H groups in total. The first-order valence-electron chi connectivity index (χ1n) is 5.84. The molecule has 1 rings (SSSR count). The lowest BCUT2D eigenvalue weighted by Crippen LogP contribution is -2.37. The normalized spacial score (nSPS) is 42.0. The first-order chi connectivity index (χ1) is 5.84. The van der Waals surface area contributed by atoms with Gasteiger partial charge in [0.2, 0.25) is 0 Å². The van der Waals surface area contributed by atoms with Crippen molar-refractivity contribution in [1.82, 2.24) is 0 Å². The molecule has 1 saturated carbocycles. The fraction of sp³-hybridized carbons (Fsp3) is 1.00. The molecule has 13 heavy (non-hydrogen) atoms. The van der Waals surface area contributed by atoms with E-state index in [0.29, 0.717) is 5.41 Å². The Morgan fingerprint density at radius 1 is 0.846 bits per heavy atom. The quantitative estimate of drug-likeness (QED) is 0.522. The highest BCUT2D eigenvalue weighted by molar-refractivity contribution is 4.87. The van der Waals surface area contributed by atoms with Gasteiger partial charge in [0.25, 0.3) is 0 Å². The third kappa shape index (κ3) is 2.27. The summed E-state index contributed by atoms with van der Waals surface area (Å²) in [6.07, 6.45) is 2.88. The van der Waals surface area contributed by atoms with Crippen molar-refractivity contribution in [3.63, 3.8) is 0 Å². The highest BCUT2D eigenvalue weighted by Gasteiger charge is 2.37. The molecule has 0 saturated heterocycles. The molecule has 1 aliphatic carbocycles. The van der Waals surface area contributed by atoms with Crippen LogP contribution in [0.1, 0.15) is 54.4 Å². The van der Waals surface area contributed by atoms with E-state index in [1.807, 2.05) is 0 Å². The van der Waals surface area contributed by atoms with E-state index in [1.165, 1.54) is 12.8 Å². The van der Waals surface area contributed by atoms with Gasteiger partial charge in [-0.2, -0.15) is 0 Å². The second-order valence-electron chi connectivity index (χ2n) is 6.25. The molecule has 0 aromatic heterocycles. The summed E-state index contributed by atoms with van der Waals surface area (Å²) in [4.78, 5) is 0. The van der Waals surface area contributed by atoms with Gasteiger partial charge in [-0.1, -0.05) is 48.0 Å². The van der Waals surface area contributed by atoms with E-state index < -0.39 is 0 Å². The number of rotatable bonds is 0. The average molecular weight is 182 g/mol. The molecule has 0 heterocycles. The molecule has 0 bridgehead atoms. The smallest absolute Gasteiger partial charge is 0.0337 e. The molecule has 0 nitrogen and oxygen atoms in total. The Hall–Kier alpha value is 0. The summed E-state index contributed by atoms with van der Waals surface area (Å²) >= 11 is 0. The summed E-state index contributed by atoms with van der Waals surface area (Å²) in [5.41, 5.74) is 0.508. The van der Waals surface area contributed by atoms with Crippen LogP contribution in [0, 0.1) is 29.1 Å². The Morgan fingerprint density at radius 2 is 1.38 bits per heavy atom. The molecule has 0 radical (unpaired) electrons. The molecule has 0 aromatic carbocycles. The standard InChI is InChI=1S/C13H26/c1-9-7-8-12(13(4,5)6)11(3)10(9)2/h9-12H,7-8H2,1-6H3. The maximum Gasteiger partial charge on any atom is -0.0337 e. The predicted octanol–water partition coefficient (Wildman–Crippen LogP) is 4.35. The van der Waals surface area contributed by atoms with Crippen molar-refractivity contribution in [1.29, 1.82) is 0 Å². The minimum atomic E-state index is 0.508. The molecular weight excluding hydrogens is 156 g/mol. The third-order valence-corrected chi connectivity index (χ3v) is 4.41. The Labute approximate surface area is 84.1 Å². The van der Waals surface area contributed by atoms with E-state index in [1.54, 1.807) is 0 Å². The predicted molar refractivity (Wildman–Crippen MR) is 59.7 cm³/mol. The van der Waals surface area contributed by atoms with Gasteiger partial charge in [0.05, 0.1) is 0 Å². The zero-order chi connectivity index (χ0) is 10.2. The largest absolute Gasteiger partial charge is 0.0622 e. The number of hydrogen-bond acceptors (Lipinski definition) is 0. The molecule has 1 aliphatic rings. The summed E-state index contributed by atoms with van der Waals surface area (Å²) in [6, 6.07) is 0. The van der Waals surface area contributed by atoms with Gasteiger partial charge in [0.1, 0.15) is 0 Å². The summed E-state index contributed by atoms with van der Waals surface area (Å²) in [5.74, 6) is 3.69. The second kappa shape index (κ2) is 3.63. The van der Waals surface area contributed by atoms with E-state index in [-0.39, 0.29) is 0 Å². The monoisotopic (exact) mass is 182 g/mol. The maximum atomic E-state index is 2.45. The molecule has 78 valence electrons. The first kappa shape index (κ1) is 11.1. The van der Waals surface area contributed by atoms with Crippen LogP contribution >= 0.6 is 0 Å². The van der Waals surface area contributed by atoms with Crippen LogP contribution in [0.3, 0.4) is 0 Å². The highest BCUT2D eigenvalue weighted by Crippen LogP contribution is 2.46. The minimum absolute atomic E-state index is 0.508. The van der Waals surface area contributed by atoms with Gasteiger partial charge < -0.3 is 0 Å². The molecule has 0 heteroatoms. The summed E-state index contributed by atoms with van der Waals surface area (Å²) < 4.78 is 0. The van der Waals surface area contributed by atoms with Crippen molar-refractivity contribution < 1.29 is 0 Å². The summed E-state index contributed by atoms with van der Waals surface area (Å²) in [6.45, 7) is 14.5. The van der Waals surface area contributed by atoms with E-state index in [9.17, 15) is 0 Å². The first-order valence-corrected chi connectivity index (χ1v) is 5.84. The highest BCUT2D eigenvalue weighted by atomic mass is 14.4. The lowest BCUT2D eigenvalue weighted by Gasteiger charge is -2.45. The zero-order valence-electron chi connectivity index (χ0n) is 10.2. The van der Waals surface area contributed by atoms with Crippen molar-refractivity contribution in [2.75, 3.05) is 0 Å². The number of hydrogen-bond donors (Lipinski definition) is 0. The van der Waals surface area contributed by atoms with Crippen molar-refractivity contribution in [2.45, 2.75) is 54.4 Å². The van der Waals surface area contributed by atoms with Crippen molar-refractivity contribution in [3.8, 4) is 0 Å². The SMILES string of the molecule is CC1CCC(C(C)(C)C)C(C)C1C. The lowest BCUT2D eigenvalue weighted by atomic mass is 9.61. The second-order valence-corrected chi connectivity index (χ2v) is 6.25. The van der Waals surface area contributed by atoms with Crippen LogP contribution in [-0.2, 0) is 0 Å². The topological polar surface area (TPSA) is 0 Å². The van der Waals surface area contributed by atoms with E-state index in [0.717, 1.165) is 23.7 Å². The van der Waals surface area contributed by atoms with E-state index in [4.69, 9.17) is 0 Å². The van der Waals surface area contributed by atoms with Crippen molar-refractivity contribution >= 4 is 0 Å². The molecule has 0 amide bonds. The van der Waals surface area contributed by atoms with Crippen molar-refractivity contribution in [2.24, 2.45) is 29.1 Å². The van der Waals surface area contributed by atoms with Crippen LogP contribution < -0.4 is 0 Å². The van der Waals surface area contributed by atoms with Crippen LogP contribution in [0.15, 0.2) is 0 Å². The fourth-order valence-electron chi connectivity index (χ4n) is 3.07. The van der Waals surface area contributed by atoms with Crippen LogP contribution in [0.25, 0.3) is 0 Å². The molecular formula is C13H26. The van der Waals surface area contributed by atoms with Crippen LogP contribution in [0.4, 0.5) is 0 Å². The molecule has 0 aromatic rings. The average Bonchev–Trinajstić information content (AvgIpc) is 1.98. The summed E-state index contributed by atoms with van der Waals surface area (Å²) in [5, 5.41) is 0. The molecule has 4 atom stereocenters. The van der Waals surface area contributed by atoms with Gasteiger partial charge in [0, 0.05) is 0 Å². The molecule has 0 aliphatic heterocycles. The fourth-order valence-corrected chi connectivity index (χ4v) is 3.07. The van der Waals surface area contributed by atoms with Crippen LogP contribution in [0.5, 0.6) is 0 Å². The van der Waals surface area contributed by atoms with Gasteiger partial charge in [-0.3, -0.25) is 0 Å². The summed E-state index contributed by atoms with van der Waals surface area (Å²) in [7, 11) is 0. The van der Waals surface area contributed by atoms with Crippen molar-refractivity contribution in [3.05, 3.63) is 0 Å². The van der Waals surface area contributed by atoms with Crippen LogP contribution in [0.2, 0.25) is 0 Å². The van der Waals surface area contributed by atoms with Gasteiger partial charge in [-0.15, -0.1) is 0 Å². The minimum Gasteiger partial charge on any atom is -0.0622 e. The molecule has 0 spiro atoms. The Morgan fingerprint density at radius 3 is 1.85 bits per heavy atom. The van der Waals surface area contributed by atoms with E-state index in [2.05, 4.69) is 41.5 Å². The van der Waals surface area contributed by atoms with Gasteiger partial charge in [-0.05, 0) is 35.5 Å².